The number of hydrogen-bond acceptors (Lipinski definition) is 4. The first-order valence-corrected chi connectivity index (χ1v) is 9.23. The molecule has 1 N–H and O–H groups in total. The topological polar surface area (TPSA) is 62.3 Å². The molecule has 5 heteroatoms. The minimum atomic E-state index is 0.00660. The zero-order chi connectivity index (χ0) is 18.5. The molecule has 2 aromatic rings. The lowest BCUT2D eigenvalue weighted by Gasteiger charge is -2.35. The number of nitrogens with one attached hydrogen (secondary N) is 1. The second-order valence-corrected chi connectivity index (χ2v) is 6.74. The van der Waals surface area contributed by atoms with Gasteiger partial charge in [-0.25, -0.2) is 0 Å². The van der Waals surface area contributed by atoms with Gasteiger partial charge < -0.3 is 10.2 Å². The van der Waals surface area contributed by atoms with Crippen molar-refractivity contribution in [3.63, 3.8) is 0 Å². The van der Waals surface area contributed by atoms with Crippen molar-refractivity contribution < 1.29 is 9.59 Å². The fraction of sp³-hybridized carbons (Fsp3) is 0.381. The zero-order valence-electron chi connectivity index (χ0n) is 15.4. The van der Waals surface area contributed by atoms with Gasteiger partial charge in [0.15, 0.2) is 5.78 Å². The number of anilines is 2. The van der Waals surface area contributed by atoms with Gasteiger partial charge in [0, 0.05) is 35.7 Å². The number of ketones is 1. The lowest BCUT2D eigenvalue weighted by atomic mass is 9.99. The molecular weight excluding hydrogens is 326 g/mol. The lowest BCUT2D eigenvalue weighted by Crippen LogP contribution is -2.43. The first-order chi connectivity index (χ1) is 12.6. The van der Waals surface area contributed by atoms with Crippen molar-refractivity contribution in [1.29, 1.82) is 0 Å². The lowest BCUT2D eigenvalue weighted by molar-refractivity contribution is 0.0602. The van der Waals surface area contributed by atoms with Gasteiger partial charge in [-0.1, -0.05) is 6.92 Å². The monoisotopic (exact) mass is 351 g/mol. The van der Waals surface area contributed by atoms with Gasteiger partial charge in [0.1, 0.15) is 5.69 Å². The first-order valence-electron chi connectivity index (χ1n) is 9.23. The molecule has 1 aliphatic heterocycles. The highest BCUT2D eigenvalue weighted by Crippen LogP contribution is 2.23. The molecule has 136 valence electrons. The summed E-state index contributed by atoms with van der Waals surface area (Å²) in [5, 5.41) is 3.27. The van der Waals surface area contributed by atoms with Crippen LogP contribution in [0.2, 0.25) is 0 Å². The van der Waals surface area contributed by atoms with Crippen LogP contribution in [-0.2, 0) is 0 Å². The van der Waals surface area contributed by atoms with E-state index in [1.807, 2.05) is 23.1 Å². The SMILES string of the molecule is CCC1CCCCN1C(=O)c1cc(Nc2ccc(C(C)=O)cc2)ccn1. The Kier molecular flexibility index (Phi) is 5.66. The Balaban J connectivity index is 1.75. The number of benzene rings is 1. The molecule has 1 aromatic carbocycles. The van der Waals surface area contributed by atoms with E-state index in [2.05, 4.69) is 17.2 Å². The number of Topliss-reactive ketones (excluding diaryl/α,β-unsaturated/α-hetero) is 1. The summed E-state index contributed by atoms with van der Waals surface area (Å²) in [5.74, 6) is 0.0486. The third-order valence-corrected chi connectivity index (χ3v) is 4.92. The van der Waals surface area contributed by atoms with E-state index in [0.717, 1.165) is 37.2 Å². The number of hydrogen-bond donors (Lipinski definition) is 1. The number of aromatic nitrogens is 1. The molecule has 26 heavy (non-hydrogen) atoms. The van der Waals surface area contributed by atoms with Gasteiger partial charge >= 0.3 is 0 Å². The third kappa shape index (κ3) is 4.10. The maximum absolute atomic E-state index is 12.9. The molecular formula is C21H25N3O2. The Morgan fingerprint density at radius 1 is 1.15 bits per heavy atom. The number of pyridine rings is 1. The van der Waals surface area contributed by atoms with Crippen LogP contribution in [-0.4, -0.2) is 34.2 Å². The van der Waals surface area contributed by atoms with E-state index in [-0.39, 0.29) is 11.7 Å². The third-order valence-electron chi connectivity index (χ3n) is 4.92. The molecule has 1 unspecified atom stereocenters. The fourth-order valence-corrected chi connectivity index (χ4v) is 3.42. The second kappa shape index (κ2) is 8.13. The van der Waals surface area contributed by atoms with Crippen molar-refractivity contribution in [1.82, 2.24) is 9.88 Å². The highest BCUT2D eigenvalue weighted by molar-refractivity contribution is 5.95. The summed E-state index contributed by atoms with van der Waals surface area (Å²) >= 11 is 0. The van der Waals surface area contributed by atoms with Gasteiger partial charge in [-0.15, -0.1) is 0 Å². The van der Waals surface area contributed by atoms with Crippen LogP contribution in [0.1, 0.15) is 60.4 Å². The maximum Gasteiger partial charge on any atom is 0.272 e. The van der Waals surface area contributed by atoms with Crippen LogP contribution < -0.4 is 5.32 Å². The Morgan fingerprint density at radius 2 is 1.92 bits per heavy atom. The van der Waals surface area contributed by atoms with Crippen LogP contribution in [0.25, 0.3) is 0 Å². The van der Waals surface area contributed by atoms with Crippen molar-refractivity contribution in [3.05, 3.63) is 53.9 Å². The van der Waals surface area contributed by atoms with E-state index in [1.165, 1.54) is 6.42 Å². The van der Waals surface area contributed by atoms with Crippen molar-refractivity contribution in [2.45, 2.75) is 45.6 Å². The van der Waals surface area contributed by atoms with Crippen LogP contribution >= 0.6 is 0 Å². The van der Waals surface area contributed by atoms with E-state index in [1.54, 1.807) is 31.3 Å². The Morgan fingerprint density at radius 3 is 2.62 bits per heavy atom. The second-order valence-electron chi connectivity index (χ2n) is 6.74. The number of piperidine rings is 1. The zero-order valence-corrected chi connectivity index (χ0v) is 15.4. The normalized spacial score (nSPS) is 17.0. The predicted octanol–water partition coefficient (Wildman–Crippen LogP) is 4.43. The summed E-state index contributed by atoms with van der Waals surface area (Å²) in [6.45, 7) is 4.49. The van der Waals surface area contributed by atoms with Gasteiger partial charge in [-0.05, 0) is 69.0 Å². The Labute approximate surface area is 154 Å². The Hall–Kier alpha value is -2.69. The standard InChI is InChI=1S/C21H25N3O2/c1-3-19-6-4-5-13-24(19)21(26)20-14-18(11-12-22-20)23-17-9-7-16(8-10-17)15(2)25/h7-12,14,19H,3-6,13H2,1-2H3,(H,22,23). The van der Waals surface area contributed by atoms with E-state index in [4.69, 9.17) is 0 Å². The van der Waals surface area contributed by atoms with Crippen molar-refractivity contribution in [3.8, 4) is 0 Å². The largest absolute Gasteiger partial charge is 0.355 e. The smallest absolute Gasteiger partial charge is 0.272 e. The quantitative estimate of drug-likeness (QED) is 0.809. The average Bonchev–Trinajstić information content (AvgIpc) is 2.68. The molecule has 0 bridgehead atoms. The number of likely N-dealkylation sites (tertiary alicyclic amines) is 1. The first kappa shape index (κ1) is 18.1. The van der Waals surface area contributed by atoms with Gasteiger partial charge in [0.2, 0.25) is 0 Å². The number of carbonyl (C=O) groups is 2. The van der Waals surface area contributed by atoms with Crippen molar-refractivity contribution >= 4 is 23.1 Å². The van der Waals surface area contributed by atoms with Crippen LogP contribution in [0.4, 0.5) is 11.4 Å². The molecule has 1 saturated heterocycles. The van der Waals surface area contributed by atoms with Crippen LogP contribution in [0.3, 0.4) is 0 Å². The summed E-state index contributed by atoms with van der Waals surface area (Å²) in [6, 6.07) is 11.2. The molecule has 0 saturated carbocycles. The maximum atomic E-state index is 12.9. The van der Waals surface area contributed by atoms with Gasteiger partial charge in [-0.2, -0.15) is 0 Å². The number of rotatable bonds is 5. The number of amides is 1. The molecule has 0 aliphatic carbocycles. The molecule has 3 rings (SSSR count). The minimum absolute atomic E-state index is 0.00660. The van der Waals surface area contributed by atoms with E-state index < -0.39 is 0 Å². The summed E-state index contributed by atoms with van der Waals surface area (Å²) in [4.78, 5) is 30.5. The Bertz CT molecular complexity index is 786. The average molecular weight is 351 g/mol. The molecule has 5 nitrogen and oxygen atoms in total. The predicted molar refractivity (Wildman–Crippen MR) is 103 cm³/mol. The van der Waals surface area contributed by atoms with E-state index in [0.29, 0.717) is 17.3 Å². The molecule has 0 spiro atoms. The number of carbonyl (C=O) groups excluding carboxylic acids is 2. The highest BCUT2D eigenvalue weighted by atomic mass is 16.2. The van der Waals surface area contributed by atoms with Crippen molar-refractivity contribution in [2.24, 2.45) is 0 Å². The van der Waals surface area contributed by atoms with Gasteiger partial charge in [0.25, 0.3) is 5.91 Å². The molecule has 1 amide bonds. The fourth-order valence-electron chi connectivity index (χ4n) is 3.42. The van der Waals surface area contributed by atoms with Gasteiger partial charge in [0.05, 0.1) is 0 Å². The molecule has 1 atom stereocenters. The summed E-state index contributed by atoms with van der Waals surface area (Å²) < 4.78 is 0. The van der Waals surface area contributed by atoms with E-state index in [9.17, 15) is 9.59 Å². The summed E-state index contributed by atoms with van der Waals surface area (Å²) in [7, 11) is 0. The minimum Gasteiger partial charge on any atom is -0.355 e. The van der Waals surface area contributed by atoms with E-state index >= 15 is 0 Å². The highest BCUT2D eigenvalue weighted by Gasteiger charge is 2.26. The molecule has 1 aliphatic rings. The molecule has 1 aromatic heterocycles. The van der Waals surface area contributed by atoms with Crippen LogP contribution in [0, 0.1) is 0 Å². The van der Waals surface area contributed by atoms with Crippen molar-refractivity contribution in [2.75, 3.05) is 11.9 Å². The molecule has 2 heterocycles. The molecule has 1 fully saturated rings. The molecule has 0 radical (unpaired) electrons. The van der Waals surface area contributed by atoms with Crippen LogP contribution in [0.15, 0.2) is 42.6 Å². The van der Waals surface area contributed by atoms with Gasteiger partial charge in [-0.3, -0.25) is 14.6 Å². The van der Waals surface area contributed by atoms with Crippen LogP contribution in [0.5, 0.6) is 0 Å². The summed E-state index contributed by atoms with van der Waals surface area (Å²) in [5.41, 5.74) is 2.82. The summed E-state index contributed by atoms with van der Waals surface area (Å²) in [6.07, 6.45) is 5.95. The number of nitrogens with zero attached hydrogens (tertiary/aromatic N) is 2.